The largest absolute Gasteiger partial charge is 0.379 e. The number of aromatic nitrogens is 2. The number of nitrogens with zero attached hydrogens (tertiary/aromatic N) is 3. The van der Waals surface area contributed by atoms with Gasteiger partial charge in [-0.25, -0.2) is 4.39 Å². The van der Waals surface area contributed by atoms with E-state index < -0.39 is 5.91 Å². The first-order valence-corrected chi connectivity index (χ1v) is 10.4. The fraction of sp³-hybridized carbons (Fsp3) is 0.217. The molecule has 2 heterocycles. The van der Waals surface area contributed by atoms with Crippen LogP contribution in [0.2, 0.25) is 0 Å². The fourth-order valence-corrected chi connectivity index (χ4v) is 3.41. The second-order valence-electron chi connectivity index (χ2n) is 7.45. The van der Waals surface area contributed by atoms with Crippen LogP contribution in [-0.4, -0.2) is 53.2 Å². The van der Waals surface area contributed by atoms with E-state index in [1.54, 1.807) is 47.4 Å². The first-order valence-electron chi connectivity index (χ1n) is 10.4. The van der Waals surface area contributed by atoms with E-state index in [9.17, 15) is 14.0 Å². The molecule has 33 heavy (non-hydrogen) atoms. The van der Waals surface area contributed by atoms with Crippen molar-refractivity contribution in [2.45, 2.75) is 6.54 Å². The molecule has 2 aromatic carbocycles. The molecular formula is C23H23FN6O3. The lowest BCUT2D eigenvalue weighted by Gasteiger charge is -2.26. The van der Waals surface area contributed by atoms with Gasteiger partial charge in [-0.3, -0.25) is 9.59 Å². The van der Waals surface area contributed by atoms with Gasteiger partial charge < -0.3 is 26.0 Å². The van der Waals surface area contributed by atoms with Crippen LogP contribution in [0.4, 0.5) is 21.6 Å². The number of carbonyl (C=O) groups is 2. The van der Waals surface area contributed by atoms with Crippen molar-refractivity contribution >= 4 is 29.0 Å². The third-order valence-electron chi connectivity index (χ3n) is 5.10. The van der Waals surface area contributed by atoms with Gasteiger partial charge in [-0.1, -0.05) is 12.1 Å². The molecule has 0 bridgehead atoms. The first-order chi connectivity index (χ1) is 16.0. The predicted octanol–water partition coefficient (Wildman–Crippen LogP) is 2.54. The quantitative estimate of drug-likeness (QED) is 0.506. The Morgan fingerprint density at radius 2 is 1.82 bits per heavy atom. The number of halogens is 1. The van der Waals surface area contributed by atoms with Crippen LogP contribution in [0.1, 0.15) is 26.4 Å². The molecule has 3 aromatic rings. The number of carbonyl (C=O) groups excluding carboxylic acids is 2. The molecule has 2 amide bonds. The van der Waals surface area contributed by atoms with E-state index >= 15 is 0 Å². The maximum atomic E-state index is 13.4. The monoisotopic (exact) mass is 450 g/mol. The summed E-state index contributed by atoms with van der Waals surface area (Å²) in [5.74, 6) is -0.759. The number of ether oxygens (including phenoxy) is 1. The molecule has 1 fully saturated rings. The van der Waals surface area contributed by atoms with Crippen molar-refractivity contribution in [3.05, 3.63) is 77.2 Å². The van der Waals surface area contributed by atoms with Gasteiger partial charge >= 0.3 is 0 Å². The Balaban J connectivity index is 1.46. The van der Waals surface area contributed by atoms with Gasteiger partial charge in [0.2, 0.25) is 0 Å². The van der Waals surface area contributed by atoms with E-state index in [1.807, 2.05) is 0 Å². The number of benzene rings is 2. The molecule has 0 saturated carbocycles. The molecule has 0 atom stereocenters. The number of amides is 2. The predicted molar refractivity (Wildman–Crippen MR) is 121 cm³/mol. The summed E-state index contributed by atoms with van der Waals surface area (Å²) in [5, 5.41) is 14.1. The molecule has 0 spiro atoms. The summed E-state index contributed by atoms with van der Waals surface area (Å²) in [7, 11) is 0. The maximum absolute atomic E-state index is 13.4. The maximum Gasteiger partial charge on any atom is 0.271 e. The van der Waals surface area contributed by atoms with Gasteiger partial charge in [0.1, 0.15) is 5.82 Å². The Hall–Kier alpha value is -4.05. The number of primary amides is 1. The lowest BCUT2D eigenvalue weighted by Crippen LogP contribution is -2.40. The molecule has 1 aliphatic rings. The number of nitrogens with two attached hydrogens (primary N) is 1. The van der Waals surface area contributed by atoms with Crippen molar-refractivity contribution in [1.29, 1.82) is 0 Å². The molecule has 4 N–H and O–H groups in total. The van der Waals surface area contributed by atoms with Crippen LogP contribution in [0.25, 0.3) is 0 Å². The van der Waals surface area contributed by atoms with Crippen molar-refractivity contribution in [3.63, 3.8) is 0 Å². The molecule has 0 radical (unpaired) electrons. The zero-order valence-electron chi connectivity index (χ0n) is 17.8. The van der Waals surface area contributed by atoms with Crippen molar-refractivity contribution < 1.29 is 18.7 Å². The van der Waals surface area contributed by atoms with Crippen LogP contribution in [0.3, 0.4) is 0 Å². The molecule has 1 aromatic heterocycles. The lowest BCUT2D eigenvalue weighted by molar-refractivity contribution is 0.0303. The summed E-state index contributed by atoms with van der Waals surface area (Å²) in [6.45, 7) is 2.50. The topological polar surface area (TPSA) is 122 Å². The van der Waals surface area contributed by atoms with Crippen molar-refractivity contribution in [3.8, 4) is 0 Å². The molecule has 1 aliphatic heterocycles. The number of hydrogen-bond donors (Lipinski definition) is 3. The average Bonchev–Trinajstić information content (AvgIpc) is 2.83. The van der Waals surface area contributed by atoms with Crippen molar-refractivity contribution in [2.24, 2.45) is 5.73 Å². The minimum Gasteiger partial charge on any atom is -0.379 e. The SMILES string of the molecule is NC(=O)c1nnc(Nc2ccc(C(=O)N3CCOCC3)cc2)cc1NCc1cccc(F)c1. The van der Waals surface area contributed by atoms with Gasteiger partial charge in [-0.05, 0) is 42.0 Å². The number of morpholine rings is 1. The van der Waals surface area contributed by atoms with Gasteiger partial charge in [-0.15, -0.1) is 10.2 Å². The summed E-state index contributed by atoms with van der Waals surface area (Å²) >= 11 is 0. The smallest absolute Gasteiger partial charge is 0.271 e. The minimum absolute atomic E-state index is 0.0246. The summed E-state index contributed by atoms with van der Waals surface area (Å²) in [6.07, 6.45) is 0. The highest BCUT2D eigenvalue weighted by molar-refractivity contribution is 5.97. The second-order valence-corrected chi connectivity index (χ2v) is 7.45. The number of anilines is 3. The second kappa shape index (κ2) is 10.0. The van der Waals surface area contributed by atoms with Gasteiger partial charge in [0.15, 0.2) is 11.5 Å². The molecule has 9 nitrogen and oxygen atoms in total. The Kier molecular flexibility index (Phi) is 6.75. The average molecular weight is 450 g/mol. The van der Waals surface area contributed by atoms with Crippen LogP contribution in [0, 0.1) is 5.82 Å². The lowest BCUT2D eigenvalue weighted by atomic mass is 10.1. The standard InChI is InChI=1S/C23H23FN6O3/c24-17-3-1-2-15(12-17)14-26-19-13-20(28-29-21(19)22(25)31)27-18-6-4-16(5-7-18)23(32)30-8-10-33-11-9-30/h1-7,12-13H,8-11,14H2,(H2,25,31)(H2,26,27,28). The fourth-order valence-electron chi connectivity index (χ4n) is 3.41. The van der Waals surface area contributed by atoms with Gasteiger partial charge in [0, 0.05) is 37.0 Å². The Morgan fingerprint density at radius 1 is 1.06 bits per heavy atom. The van der Waals surface area contributed by atoms with Crippen LogP contribution in [-0.2, 0) is 11.3 Å². The van der Waals surface area contributed by atoms with Gasteiger partial charge in [0.25, 0.3) is 11.8 Å². The van der Waals surface area contributed by atoms with Crippen molar-refractivity contribution in [2.75, 3.05) is 36.9 Å². The molecule has 10 heteroatoms. The third-order valence-corrected chi connectivity index (χ3v) is 5.10. The minimum atomic E-state index is -0.734. The first kappa shape index (κ1) is 22.2. The zero-order valence-corrected chi connectivity index (χ0v) is 17.8. The third kappa shape index (κ3) is 5.60. The van der Waals surface area contributed by atoms with E-state index in [4.69, 9.17) is 10.5 Å². The van der Waals surface area contributed by atoms with E-state index in [1.165, 1.54) is 12.1 Å². The highest BCUT2D eigenvalue weighted by Gasteiger charge is 2.18. The number of rotatable bonds is 7. The molecule has 170 valence electrons. The number of nitrogens with one attached hydrogen (secondary N) is 2. The summed E-state index contributed by atoms with van der Waals surface area (Å²) < 4.78 is 18.7. The summed E-state index contributed by atoms with van der Waals surface area (Å²) in [4.78, 5) is 26.1. The van der Waals surface area contributed by atoms with E-state index in [0.29, 0.717) is 54.6 Å². The highest BCUT2D eigenvalue weighted by Crippen LogP contribution is 2.21. The van der Waals surface area contributed by atoms with Gasteiger partial charge in [-0.2, -0.15) is 0 Å². The van der Waals surface area contributed by atoms with E-state index in [0.717, 1.165) is 0 Å². The summed E-state index contributed by atoms with van der Waals surface area (Å²) in [6, 6.07) is 14.7. The zero-order chi connectivity index (χ0) is 23.2. The van der Waals surface area contributed by atoms with Crippen LogP contribution >= 0.6 is 0 Å². The Morgan fingerprint density at radius 3 is 2.52 bits per heavy atom. The normalized spacial score (nSPS) is 13.4. The Bertz CT molecular complexity index is 1150. The summed E-state index contributed by atoms with van der Waals surface area (Å²) in [5.41, 5.74) is 7.71. The molecule has 0 aliphatic carbocycles. The van der Waals surface area contributed by atoms with Crippen LogP contribution in [0.5, 0.6) is 0 Å². The Labute approximate surface area is 189 Å². The van der Waals surface area contributed by atoms with Crippen LogP contribution < -0.4 is 16.4 Å². The molecule has 4 rings (SSSR count). The van der Waals surface area contributed by atoms with E-state index in [2.05, 4.69) is 20.8 Å². The molecule has 0 unspecified atom stereocenters. The van der Waals surface area contributed by atoms with Gasteiger partial charge in [0.05, 0.1) is 18.9 Å². The van der Waals surface area contributed by atoms with Crippen LogP contribution in [0.15, 0.2) is 54.6 Å². The molecular weight excluding hydrogens is 427 g/mol. The van der Waals surface area contributed by atoms with E-state index in [-0.39, 0.29) is 24.0 Å². The molecule has 1 saturated heterocycles. The highest BCUT2D eigenvalue weighted by atomic mass is 19.1. The van der Waals surface area contributed by atoms with Crippen molar-refractivity contribution in [1.82, 2.24) is 15.1 Å². The number of hydrogen-bond acceptors (Lipinski definition) is 7.